The zero-order valence-electron chi connectivity index (χ0n) is 18.3. The Hall–Kier alpha value is -2.66. The van der Waals surface area contributed by atoms with Gasteiger partial charge in [0.2, 0.25) is 5.91 Å². The molecular weight excluding hydrogens is 412 g/mol. The lowest BCUT2D eigenvalue weighted by molar-refractivity contribution is -0.130. The molecule has 2 saturated carbocycles. The lowest BCUT2D eigenvalue weighted by Gasteiger charge is -2.39. The molecule has 2 aliphatic rings. The largest absolute Gasteiger partial charge is 0.365 e. The van der Waals surface area contributed by atoms with Crippen LogP contribution in [0, 0.1) is 23.2 Å². The number of carbonyl (C=O) groups excluding carboxylic acids is 2. The van der Waals surface area contributed by atoms with Crippen LogP contribution in [0.3, 0.4) is 0 Å². The summed E-state index contributed by atoms with van der Waals surface area (Å²) in [6, 6.07) is 14.3. The van der Waals surface area contributed by atoms with Crippen molar-refractivity contribution in [3.05, 3.63) is 64.7 Å². The third-order valence-corrected chi connectivity index (χ3v) is 8.25. The molecule has 31 heavy (non-hydrogen) atoms. The standard InChI is InChI=1S/C25H27ClN2O3/c1-16-10-11-18(14-19(16)26)27-22(30)25-13-12-24(4,23(25,2)3)20(15-25)28-31-21(29)17-8-6-5-7-9-17/h5-11,14H,12-13,15H2,1-4H3,(H,27,30)/b28-20-. The summed E-state index contributed by atoms with van der Waals surface area (Å²) in [7, 11) is 0. The quantitative estimate of drug-likeness (QED) is 0.469. The molecule has 1 N–H and O–H groups in total. The third-order valence-electron chi connectivity index (χ3n) is 7.85. The Bertz CT molecular complexity index is 1080. The number of oxime groups is 1. The van der Waals surface area contributed by atoms with Gasteiger partial charge in [-0.3, -0.25) is 4.79 Å². The number of carbonyl (C=O) groups is 2. The normalized spacial score (nSPS) is 27.3. The van der Waals surface area contributed by atoms with Gasteiger partial charge in [-0.15, -0.1) is 0 Å². The summed E-state index contributed by atoms with van der Waals surface area (Å²) in [4.78, 5) is 31.2. The number of hydrogen-bond donors (Lipinski definition) is 1. The average molecular weight is 439 g/mol. The van der Waals surface area contributed by atoms with Crippen molar-refractivity contribution < 1.29 is 14.4 Å². The van der Waals surface area contributed by atoms with Crippen LogP contribution in [-0.4, -0.2) is 17.6 Å². The number of amides is 1. The van der Waals surface area contributed by atoms with Gasteiger partial charge in [0, 0.05) is 22.5 Å². The molecule has 0 saturated heterocycles. The molecule has 0 heterocycles. The predicted molar refractivity (Wildman–Crippen MR) is 122 cm³/mol. The highest BCUT2D eigenvalue weighted by molar-refractivity contribution is 6.31. The van der Waals surface area contributed by atoms with E-state index in [4.69, 9.17) is 16.4 Å². The average Bonchev–Trinajstić information content (AvgIpc) is 3.06. The second-order valence-corrected chi connectivity index (χ2v) is 9.82. The van der Waals surface area contributed by atoms with Crippen molar-refractivity contribution in [2.45, 2.75) is 47.0 Å². The van der Waals surface area contributed by atoms with Crippen LogP contribution in [0.2, 0.25) is 5.02 Å². The van der Waals surface area contributed by atoms with Gasteiger partial charge in [-0.2, -0.15) is 0 Å². The Morgan fingerprint density at radius 2 is 1.77 bits per heavy atom. The summed E-state index contributed by atoms with van der Waals surface area (Å²) in [5.41, 5.74) is 1.55. The Labute approximate surface area is 187 Å². The highest BCUT2D eigenvalue weighted by atomic mass is 35.5. The Morgan fingerprint density at radius 3 is 2.45 bits per heavy atom. The van der Waals surface area contributed by atoms with E-state index < -0.39 is 11.4 Å². The molecular formula is C25H27ClN2O3. The Balaban J connectivity index is 1.59. The van der Waals surface area contributed by atoms with Gasteiger partial charge >= 0.3 is 5.97 Å². The van der Waals surface area contributed by atoms with Crippen molar-refractivity contribution in [3.8, 4) is 0 Å². The minimum Gasteiger partial charge on any atom is -0.326 e. The van der Waals surface area contributed by atoms with Crippen LogP contribution in [0.25, 0.3) is 0 Å². The molecule has 2 aromatic rings. The topological polar surface area (TPSA) is 67.8 Å². The molecule has 6 heteroatoms. The molecule has 0 aliphatic heterocycles. The van der Waals surface area contributed by atoms with E-state index >= 15 is 0 Å². The molecule has 162 valence electrons. The van der Waals surface area contributed by atoms with Crippen LogP contribution in [0.15, 0.2) is 53.7 Å². The minimum absolute atomic E-state index is 0.0410. The second-order valence-electron chi connectivity index (χ2n) is 9.42. The smallest absolute Gasteiger partial charge is 0.326 e. The third kappa shape index (κ3) is 3.26. The first-order valence-electron chi connectivity index (χ1n) is 10.5. The molecule has 2 unspecified atom stereocenters. The van der Waals surface area contributed by atoms with Gasteiger partial charge in [-0.1, -0.05) is 61.8 Å². The van der Waals surface area contributed by atoms with Crippen LogP contribution in [0.4, 0.5) is 5.69 Å². The van der Waals surface area contributed by atoms with Crippen LogP contribution in [0.5, 0.6) is 0 Å². The molecule has 4 rings (SSSR count). The molecule has 0 aromatic heterocycles. The molecule has 0 radical (unpaired) electrons. The van der Waals surface area contributed by atoms with Gasteiger partial charge in [0.15, 0.2) is 0 Å². The van der Waals surface area contributed by atoms with E-state index in [-0.39, 0.29) is 16.7 Å². The van der Waals surface area contributed by atoms with E-state index in [1.807, 2.05) is 25.1 Å². The fourth-order valence-electron chi connectivity index (χ4n) is 5.17. The summed E-state index contributed by atoms with van der Waals surface area (Å²) in [6.07, 6.45) is 2.03. The number of aryl methyl sites for hydroxylation is 1. The number of hydrogen-bond acceptors (Lipinski definition) is 4. The van der Waals surface area contributed by atoms with Gasteiger partial charge in [-0.25, -0.2) is 4.79 Å². The molecule has 0 spiro atoms. The highest BCUT2D eigenvalue weighted by Gasteiger charge is 2.71. The summed E-state index contributed by atoms with van der Waals surface area (Å²) < 4.78 is 0. The highest BCUT2D eigenvalue weighted by Crippen LogP contribution is 2.71. The maximum absolute atomic E-state index is 13.5. The molecule has 5 nitrogen and oxygen atoms in total. The summed E-state index contributed by atoms with van der Waals surface area (Å²) in [6.45, 7) is 8.27. The maximum atomic E-state index is 13.5. The summed E-state index contributed by atoms with van der Waals surface area (Å²) in [5, 5.41) is 7.96. The van der Waals surface area contributed by atoms with E-state index in [2.05, 4.69) is 31.2 Å². The van der Waals surface area contributed by atoms with Gasteiger partial charge in [0.25, 0.3) is 0 Å². The molecule has 1 amide bonds. The van der Waals surface area contributed by atoms with E-state index in [1.54, 1.807) is 30.3 Å². The lowest BCUT2D eigenvalue weighted by atomic mass is 9.64. The monoisotopic (exact) mass is 438 g/mol. The van der Waals surface area contributed by atoms with Gasteiger partial charge in [-0.05, 0) is 55.0 Å². The van der Waals surface area contributed by atoms with Crippen molar-refractivity contribution in [1.29, 1.82) is 0 Å². The number of rotatable bonds is 4. The SMILES string of the molecule is Cc1ccc(NC(=O)C23CCC(C)(/C(=N\OC(=O)c4ccccc4)C2)C3(C)C)cc1Cl. The molecule has 2 aromatic carbocycles. The first kappa shape index (κ1) is 21.6. The number of anilines is 1. The van der Waals surface area contributed by atoms with Gasteiger partial charge in [0.1, 0.15) is 0 Å². The van der Waals surface area contributed by atoms with Crippen LogP contribution < -0.4 is 5.32 Å². The van der Waals surface area contributed by atoms with Crippen molar-refractivity contribution in [2.24, 2.45) is 21.4 Å². The molecule has 2 atom stereocenters. The van der Waals surface area contributed by atoms with E-state index in [1.165, 1.54) is 0 Å². The first-order valence-corrected chi connectivity index (χ1v) is 10.9. The van der Waals surface area contributed by atoms with Crippen LogP contribution in [0.1, 0.15) is 56.0 Å². The summed E-state index contributed by atoms with van der Waals surface area (Å²) in [5.74, 6) is -0.536. The van der Waals surface area contributed by atoms with Crippen molar-refractivity contribution >= 4 is 34.9 Å². The number of benzene rings is 2. The van der Waals surface area contributed by atoms with Crippen LogP contribution >= 0.6 is 11.6 Å². The zero-order valence-corrected chi connectivity index (χ0v) is 19.0. The van der Waals surface area contributed by atoms with E-state index in [0.29, 0.717) is 22.7 Å². The fourth-order valence-corrected chi connectivity index (χ4v) is 5.35. The minimum atomic E-state index is -0.628. The van der Waals surface area contributed by atoms with Crippen LogP contribution in [-0.2, 0) is 9.63 Å². The summed E-state index contributed by atoms with van der Waals surface area (Å²) >= 11 is 6.24. The second kappa shape index (κ2) is 7.49. The predicted octanol–water partition coefficient (Wildman–Crippen LogP) is 6.02. The van der Waals surface area contributed by atoms with E-state index in [9.17, 15) is 9.59 Å². The number of nitrogens with zero attached hydrogens (tertiary/aromatic N) is 1. The van der Waals surface area contributed by atoms with E-state index in [0.717, 1.165) is 24.1 Å². The Morgan fingerprint density at radius 1 is 1.06 bits per heavy atom. The number of fused-ring (bicyclic) bond motifs is 2. The molecule has 2 fully saturated rings. The van der Waals surface area contributed by atoms with Crippen molar-refractivity contribution in [3.63, 3.8) is 0 Å². The molecule has 2 bridgehead atoms. The van der Waals surface area contributed by atoms with Gasteiger partial charge < -0.3 is 10.2 Å². The number of halogens is 1. The molecule has 2 aliphatic carbocycles. The lowest BCUT2D eigenvalue weighted by Crippen LogP contribution is -2.43. The maximum Gasteiger partial charge on any atom is 0.365 e. The first-order chi connectivity index (χ1) is 14.6. The number of nitrogens with one attached hydrogen (secondary N) is 1. The Kier molecular flexibility index (Phi) is 5.21. The zero-order chi connectivity index (χ0) is 22.4. The van der Waals surface area contributed by atoms with Crippen molar-refractivity contribution in [2.75, 3.05) is 5.32 Å². The van der Waals surface area contributed by atoms with Crippen molar-refractivity contribution in [1.82, 2.24) is 0 Å². The fraction of sp³-hybridized carbons (Fsp3) is 0.400. The van der Waals surface area contributed by atoms with Gasteiger partial charge in [0.05, 0.1) is 16.7 Å².